The number of hydrogen-bond acceptors (Lipinski definition) is 5. The summed E-state index contributed by atoms with van der Waals surface area (Å²) in [5.74, 6) is 6.49. The predicted molar refractivity (Wildman–Crippen MR) is 231 cm³/mol. The maximum absolute atomic E-state index is 7.57. The zero-order valence-electron chi connectivity index (χ0n) is 32.7. The first-order valence-electron chi connectivity index (χ1n) is 20.3. The van der Waals surface area contributed by atoms with Crippen LogP contribution in [0.2, 0.25) is 0 Å². The summed E-state index contributed by atoms with van der Waals surface area (Å²) in [7, 11) is 0. The monoisotopic (exact) mass is 749 g/mol. The first kappa shape index (κ1) is 44.0. The molecule has 3 fully saturated rings. The zero-order chi connectivity index (χ0) is 37.2. The molecule has 1 unspecified atom stereocenters. The Balaban J connectivity index is 0.000000201. The Kier molecular flexibility index (Phi) is 23.1. The van der Waals surface area contributed by atoms with Crippen LogP contribution in [0, 0.1) is 11.8 Å². The average Bonchev–Trinajstić information content (AvgIpc) is 3.90. The molecule has 0 spiro atoms. The molecule has 1 aliphatic carbocycles. The van der Waals surface area contributed by atoms with Crippen molar-refractivity contribution in [3.8, 4) is 11.5 Å². The van der Waals surface area contributed by atoms with Gasteiger partial charge in [0.2, 0.25) is 0 Å². The molecule has 0 bridgehead atoms. The maximum Gasteiger partial charge on any atom is 0.157 e. The summed E-state index contributed by atoms with van der Waals surface area (Å²) in [4.78, 5) is 0.999. The molecule has 4 nitrogen and oxygen atoms in total. The van der Waals surface area contributed by atoms with Crippen LogP contribution in [0.5, 0.6) is 11.5 Å². The SMILES string of the molecule is C1CCSC1.CC(C)C1CCC[OH+]1.CCCCOc1ccc(S)c2ccccc12.CCO.c1ccc2c(OCCC3CCCCCC3)cccc2c1. The van der Waals surface area contributed by atoms with E-state index in [9.17, 15) is 0 Å². The molecular weight excluding hydrogens is 681 g/mol. The van der Waals surface area contributed by atoms with Gasteiger partial charge in [0.1, 0.15) is 18.1 Å². The molecule has 1 saturated carbocycles. The standard InChI is InChI=1S/C19H24O.C14H16OS.C7H14O.C4H8S.C2H6O/c1-2-4-9-16(8-3-1)14-15-20-19-13-7-11-17-10-5-6-12-18(17)19;1-2-3-10-15-13-8-9-14(16)12-7-5-4-6-11(12)13;1-6(2)7-4-3-5-8-7;1-2-4-5-3-1;1-2-3/h5-7,10-13,16H,1-4,8-9,14-15H2;4-9,16H,2-3,10H2,1H3;6-7H,3-5H2,1-2H3;1-4H2;3H,2H2,1H3/p+1. The number of aliphatic hydroxyl groups excluding tert-OH is 1. The van der Waals surface area contributed by atoms with E-state index in [1.165, 1.54) is 92.9 Å². The Bertz CT molecular complexity index is 1460. The van der Waals surface area contributed by atoms with Crippen molar-refractivity contribution < 1.29 is 19.3 Å². The number of ether oxygens (including phenoxy) is 3. The van der Waals surface area contributed by atoms with E-state index in [1.807, 2.05) is 24.3 Å². The summed E-state index contributed by atoms with van der Waals surface area (Å²) in [6, 6.07) is 27.0. The van der Waals surface area contributed by atoms with Crippen LogP contribution in [-0.2, 0) is 0 Å². The van der Waals surface area contributed by atoms with E-state index in [-0.39, 0.29) is 6.61 Å². The molecule has 0 aromatic heterocycles. The number of thiol groups is 1. The normalized spacial score (nSPS) is 17.0. The average molecular weight is 750 g/mol. The van der Waals surface area contributed by atoms with Crippen LogP contribution < -0.4 is 9.47 Å². The molecule has 7 rings (SSSR count). The van der Waals surface area contributed by atoms with Crippen molar-refractivity contribution in [3.05, 3.63) is 78.9 Å². The predicted octanol–water partition coefficient (Wildman–Crippen LogP) is 12.7. The number of unbranched alkanes of at least 4 members (excludes halogenated alkanes) is 1. The molecule has 3 aliphatic rings. The third kappa shape index (κ3) is 16.7. The highest BCUT2D eigenvalue weighted by atomic mass is 32.2. The summed E-state index contributed by atoms with van der Waals surface area (Å²) < 4.78 is 16.3. The molecule has 2 N–H and O–H groups in total. The zero-order valence-corrected chi connectivity index (χ0v) is 34.4. The number of benzene rings is 4. The first-order chi connectivity index (χ1) is 25.5. The van der Waals surface area contributed by atoms with Crippen molar-refractivity contribution in [2.45, 2.75) is 122 Å². The topological polar surface area (TPSA) is 51.5 Å². The second kappa shape index (κ2) is 27.2. The summed E-state index contributed by atoms with van der Waals surface area (Å²) in [6.07, 6.45) is 18.2. The molecular formula is C46H69O4S2+. The highest BCUT2D eigenvalue weighted by Gasteiger charge is 2.23. The summed E-state index contributed by atoms with van der Waals surface area (Å²) in [6.45, 7) is 11.4. The minimum atomic E-state index is 0.250. The van der Waals surface area contributed by atoms with Crippen LogP contribution in [0.3, 0.4) is 0 Å². The van der Waals surface area contributed by atoms with Crippen molar-refractivity contribution in [1.82, 2.24) is 0 Å². The molecule has 6 heteroatoms. The van der Waals surface area contributed by atoms with E-state index in [2.05, 4.69) is 104 Å². The molecule has 4 aromatic rings. The summed E-state index contributed by atoms with van der Waals surface area (Å²) in [5, 5.41) is 12.4. The van der Waals surface area contributed by atoms with Gasteiger partial charge in [-0.25, -0.2) is 0 Å². The van der Waals surface area contributed by atoms with E-state index in [4.69, 9.17) is 14.6 Å². The Morgan fingerprint density at radius 2 is 1.33 bits per heavy atom. The first-order valence-corrected chi connectivity index (χ1v) is 21.9. The Morgan fingerprint density at radius 1 is 0.712 bits per heavy atom. The second-order valence-corrected chi connectivity index (χ2v) is 16.0. The van der Waals surface area contributed by atoms with Gasteiger partial charge in [-0.05, 0) is 79.0 Å². The molecule has 2 heterocycles. The van der Waals surface area contributed by atoms with Gasteiger partial charge in [-0.1, -0.05) is 126 Å². The van der Waals surface area contributed by atoms with Gasteiger partial charge < -0.3 is 19.3 Å². The van der Waals surface area contributed by atoms with Gasteiger partial charge in [-0.15, -0.1) is 12.6 Å². The summed E-state index contributed by atoms with van der Waals surface area (Å²) in [5.41, 5.74) is 0. The van der Waals surface area contributed by atoms with Gasteiger partial charge in [-0.3, -0.25) is 0 Å². The Labute approximate surface area is 326 Å². The van der Waals surface area contributed by atoms with Crippen molar-refractivity contribution in [2.75, 3.05) is 37.9 Å². The molecule has 2 aliphatic heterocycles. The Morgan fingerprint density at radius 3 is 1.92 bits per heavy atom. The second-order valence-electron chi connectivity index (χ2n) is 14.3. The molecule has 2 saturated heterocycles. The highest BCUT2D eigenvalue weighted by molar-refractivity contribution is 7.99. The largest absolute Gasteiger partial charge is 0.493 e. The van der Waals surface area contributed by atoms with E-state index in [1.54, 1.807) is 6.92 Å². The molecule has 4 aromatic carbocycles. The van der Waals surface area contributed by atoms with E-state index in [0.29, 0.717) is 6.10 Å². The van der Waals surface area contributed by atoms with Gasteiger partial charge in [0.25, 0.3) is 0 Å². The maximum atomic E-state index is 7.57. The molecule has 0 radical (unpaired) electrons. The number of fused-ring (bicyclic) bond motifs is 2. The van der Waals surface area contributed by atoms with E-state index < -0.39 is 0 Å². The number of thioether (sulfide) groups is 1. The van der Waals surface area contributed by atoms with Crippen molar-refractivity contribution >= 4 is 45.9 Å². The van der Waals surface area contributed by atoms with Crippen LogP contribution in [-0.4, -0.2) is 53.9 Å². The minimum absolute atomic E-state index is 0.250. The smallest absolute Gasteiger partial charge is 0.157 e. The lowest BCUT2D eigenvalue weighted by atomic mass is 9.97. The van der Waals surface area contributed by atoms with Gasteiger partial charge in [0.05, 0.1) is 13.2 Å². The van der Waals surface area contributed by atoms with Crippen LogP contribution in [0.1, 0.15) is 111 Å². The fourth-order valence-electron chi connectivity index (χ4n) is 6.72. The van der Waals surface area contributed by atoms with Gasteiger partial charge in [-0.2, -0.15) is 11.8 Å². The number of rotatable bonds is 9. The van der Waals surface area contributed by atoms with Crippen molar-refractivity contribution in [1.29, 1.82) is 0 Å². The molecule has 1 atom stereocenters. The fourth-order valence-corrected chi connectivity index (χ4v) is 8.01. The third-order valence-electron chi connectivity index (χ3n) is 9.74. The van der Waals surface area contributed by atoms with Gasteiger partial charge in [0.15, 0.2) is 6.10 Å². The fraction of sp³-hybridized carbons (Fsp3) is 0.565. The van der Waals surface area contributed by atoms with Crippen LogP contribution in [0.25, 0.3) is 21.5 Å². The van der Waals surface area contributed by atoms with Gasteiger partial charge in [0, 0.05) is 41.0 Å². The quantitative estimate of drug-likeness (QED) is 0.0774. The van der Waals surface area contributed by atoms with Crippen LogP contribution >= 0.6 is 24.4 Å². The molecule has 0 amide bonds. The van der Waals surface area contributed by atoms with Gasteiger partial charge >= 0.3 is 0 Å². The number of hydrogen-bond donors (Lipinski definition) is 2. The minimum Gasteiger partial charge on any atom is -0.493 e. The van der Waals surface area contributed by atoms with Crippen molar-refractivity contribution in [3.63, 3.8) is 0 Å². The highest BCUT2D eigenvalue weighted by Crippen LogP contribution is 2.31. The number of aliphatic hydroxyl groups is 3. The third-order valence-corrected chi connectivity index (χ3v) is 11.3. The van der Waals surface area contributed by atoms with E-state index >= 15 is 0 Å². The lowest BCUT2D eigenvalue weighted by molar-refractivity contribution is -0.0805. The van der Waals surface area contributed by atoms with Crippen LogP contribution in [0.4, 0.5) is 0 Å². The van der Waals surface area contributed by atoms with Crippen LogP contribution in [0.15, 0.2) is 83.8 Å². The molecule has 52 heavy (non-hydrogen) atoms. The lowest BCUT2D eigenvalue weighted by Gasteiger charge is -2.15. The van der Waals surface area contributed by atoms with E-state index in [0.717, 1.165) is 71.7 Å². The molecule has 288 valence electrons. The van der Waals surface area contributed by atoms with Crippen molar-refractivity contribution in [2.24, 2.45) is 11.8 Å². The lowest BCUT2D eigenvalue weighted by Crippen LogP contribution is -2.16. The Hall–Kier alpha value is -2.38. The summed E-state index contributed by atoms with van der Waals surface area (Å²) >= 11 is 6.53.